The van der Waals surface area contributed by atoms with Crippen LogP contribution in [0.25, 0.3) is 0 Å². The minimum Gasteiger partial charge on any atom is -0.493 e. The molecule has 1 saturated heterocycles. The van der Waals surface area contributed by atoms with Crippen LogP contribution in [0.1, 0.15) is 19.8 Å². The summed E-state index contributed by atoms with van der Waals surface area (Å²) in [6.45, 7) is 4.16. The molecule has 6 nitrogen and oxygen atoms in total. The highest BCUT2D eigenvalue weighted by atomic mass is 16.5. The third-order valence-corrected chi connectivity index (χ3v) is 4.06. The third kappa shape index (κ3) is 3.31. The standard InChI is InChI=1S/C17H22N4O2/c1-12-6-5-9-21(10-12)16-15(18)17(20-11-19-16)23-14-8-4-3-7-13(14)22-2/h3-4,7-8,11-12H,5-6,9-10,18H2,1-2H3. The maximum absolute atomic E-state index is 6.27. The predicted molar refractivity (Wildman–Crippen MR) is 90.1 cm³/mol. The van der Waals surface area contributed by atoms with Crippen LogP contribution < -0.4 is 20.1 Å². The lowest BCUT2D eigenvalue weighted by Crippen LogP contribution is -2.35. The summed E-state index contributed by atoms with van der Waals surface area (Å²) in [5.74, 6) is 2.96. The van der Waals surface area contributed by atoms with Gasteiger partial charge in [0.05, 0.1) is 7.11 Å². The van der Waals surface area contributed by atoms with Crippen LogP contribution in [-0.4, -0.2) is 30.2 Å². The molecule has 1 aliphatic rings. The summed E-state index contributed by atoms with van der Waals surface area (Å²) in [7, 11) is 1.60. The number of ether oxygens (including phenoxy) is 2. The number of para-hydroxylation sites is 2. The molecule has 6 heteroatoms. The van der Waals surface area contributed by atoms with Gasteiger partial charge in [-0.2, -0.15) is 4.98 Å². The van der Waals surface area contributed by atoms with Crippen molar-refractivity contribution < 1.29 is 9.47 Å². The predicted octanol–water partition coefficient (Wildman–Crippen LogP) is 3.10. The van der Waals surface area contributed by atoms with E-state index in [2.05, 4.69) is 21.8 Å². The quantitative estimate of drug-likeness (QED) is 0.935. The maximum Gasteiger partial charge on any atom is 0.248 e. The molecular weight excluding hydrogens is 292 g/mol. The van der Waals surface area contributed by atoms with Crippen molar-refractivity contribution in [2.24, 2.45) is 5.92 Å². The number of rotatable bonds is 4. The Morgan fingerprint density at radius 1 is 1.22 bits per heavy atom. The fourth-order valence-electron chi connectivity index (χ4n) is 2.89. The number of nitrogens with zero attached hydrogens (tertiary/aromatic N) is 3. The van der Waals surface area contributed by atoms with Crippen molar-refractivity contribution in [2.45, 2.75) is 19.8 Å². The molecule has 1 aromatic carbocycles. The van der Waals surface area contributed by atoms with E-state index in [-0.39, 0.29) is 0 Å². The molecule has 1 unspecified atom stereocenters. The van der Waals surface area contributed by atoms with Crippen molar-refractivity contribution in [3.63, 3.8) is 0 Å². The van der Waals surface area contributed by atoms with Gasteiger partial charge in [0.15, 0.2) is 17.3 Å². The van der Waals surface area contributed by atoms with E-state index in [0.717, 1.165) is 25.3 Å². The van der Waals surface area contributed by atoms with Gasteiger partial charge in [-0.05, 0) is 30.9 Å². The molecule has 1 fully saturated rings. The lowest BCUT2D eigenvalue weighted by Gasteiger charge is -2.32. The second kappa shape index (κ2) is 6.73. The van der Waals surface area contributed by atoms with Crippen LogP contribution in [0.4, 0.5) is 11.5 Å². The molecule has 0 bridgehead atoms. The van der Waals surface area contributed by atoms with Gasteiger partial charge >= 0.3 is 0 Å². The molecule has 1 aromatic heterocycles. The number of methoxy groups -OCH3 is 1. The second-order valence-corrected chi connectivity index (χ2v) is 5.86. The minimum absolute atomic E-state index is 0.359. The lowest BCUT2D eigenvalue weighted by molar-refractivity contribution is 0.374. The van der Waals surface area contributed by atoms with Crippen molar-refractivity contribution in [1.82, 2.24) is 9.97 Å². The second-order valence-electron chi connectivity index (χ2n) is 5.86. The van der Waals surface area contributed by atoms with E-state index in [1.165, 1.54) is 12.7 Å². The highest BCUT2D eigenvalue weighted by molar-refractivity contribution is 5.68. The zero-order valence-corrected chi connectivity index (χ0v) is 13.5. The Kier molecular flexibility index (Phi) is 4.50. The van der Waals surface area contributed by atoms with Gasteiger partial charge in [-0.25, -0.2) is 4.98 Å². The molecule has 0 saturated carbocycles. The lowest BCUT2D eigenvalue weighted by atomic mass is 10.0. The summed E-state index contributed by atoms with van der Waals surface area (Å²) in [6, 6.07) is 7.42. The molecule has 1 atom stereocenters. The molecule has 0 amide bonds. The van der Waals surface area contributed by atoms with E-state index in [1.807, 2.05) is 24.3 Å². The van der Waals surface area contributed by atoms with E-state index in [0.29, 0.717) is 29.0 Å². The van der Waals surface area contributed by atoms with E-state index in [9.17, 15) is 0 Å². The van der Waals surface area contributed by atoms with Crippen LogP contribution in [-0.2, 0) is 0 Å². The van der Waals surface area contributed by atoms with Gasteiger partial charge in [0.1, 0.15) is 12.0 Å². The number of nitrogens with two attached hydrogens (primary N) is 1. The largest absolute Gasteiger partial charge is 0.493 e. The molecule has 0 aliphatic carbocycles. The van der Waals surface area contributed by atoms with Gasteiger partial charge in [0, 0.05) is 13.1 Å². The van der Waals surface area contributed by atoms with Crippen LogP contribution in [0.5, 0.6) is 17.4 Å². The number of hydrogen-bond acceptors (Lipinski definition) is 6. The SMILES string of the molecule is COc1ccccc1Oc1ncnc(N2CCCC(C)C2)c1N. The van der Waals surface area contributed by atoms with Gasteiger partial charge in [-0.15, -0.1) is 0 Å². The number of aromatic nitrogens is 2. The summed E-state index contributed by atoms with van der Waals surface area (Å²) in [4.78, 5) is 10.8. The summed E-state index contributed by atoms with van der Waals surface area (Å²) in [5, 5.41) is 0. The topological polar surface area (TPSA) is 73.5 Å². The molecule has 0 radical (unpaired) electrons. The first-order chi connectivity index (χ1) is 11.2. The van der Waals surface area contributed by atoms with Crippen molar-refractivity contribution >= 4 is 11.5 Å². The first-order valence-electron chi connectivity index (χ1n) is 7.85. The Morgan fingerprint density at radius 3 is 2.74 bits per heavy atom. The van der Waals surface area contributed by atoms with Crippen molar-refractivity contribution in [3.8, 4) is 17.4 Å². The molecule has 2 N–H and O–H groups in total. The van der Waals surface area contributed by atoms with Crippen LogP contribution in [0.2, 0.25) is 0 Å². The highest BCUT2D eigenvalue weighted by Crippen LogP contribution is 2.36. The van der Waals surface area contributed by atoms with Crippen molar-refractivity contribution in [2.75, 3.05) is 30.8 Å². The molecule has 2 aromatic rings. The van der Waals surface area contributed by atoms with Crippen LogP contribution in [0, 0.1) is 5.92 Å². The summed E-state index contributed by atoms with van der Waals surface area (Å²) >= 11 is 0. The third-order valence-electron chi connectivity index (χ3n) is 4.06. The number of hydrogen-bond donors (Lipinski definition) is 1. The van der Waals surface area contributed by atoms with Gasteiger partial charge < -0.3 is 20.1 Å². The zero-order chi connectivity index (χ0) is 16.2. The molecule has 23 heavy (non-hydrogen) atoms. The van der Waals surface area contributed by atoms with E-state index < -0.39 is 0 Å². The Morgan fingerprint density at radius 2 is 2.00 bits per heavy atom. The summed E-state index contributed by atoms with van der Waals surface area (Å²) < 4.78 is 11.2. The first kappa shape index (κ1) is 15.4. The first-order valence-corrected chi connectivity index (χ1v) is 7.85. The maximum atomic E-state index is 6.27. The summed E-state index contributed by atoms with van der Waals surface area (Å²) in [5.41, 5.74) is 6.73. The van der Waals surface area contributed by atoms with Crippen LogP contribution in [0.3, 0.4) is 0 Å². The molecule has 1 aliphatic heterocycles. The molecular formula is C17H22N4O2. The molecule has 122 valence electrons. The van der Waals surface area contributed by atoms with Gasteiger partial charge in [-0.1, -0.05) is 19.1 Å². The number of piperidine rings is 1. The highest BCUT2D eigenvalue weighted by Gasteiger charge is 2.22. The van der Waals surface area contributed by atoms with Gasteiger partial charge in [0.2, 0.25) is 5.88 Å². The summed E-state index contributed by atoms with van der Waals surface area (Å²) in [6.07, 6.45) is 3.88. The zero-order valence-electron chi connectivity index (χ0n) is 13.5. The molecule has 0 spiro atoms. The molecule has 2 heterocycles. The van der Waals surface area contributed by atoms with Gasteiger partial charge in [-0.3, -0.25) is 0 Å². The fraction of sp³-hybridized carbons (Fsp3) is 0.412. The smallest absolute Gasteiger partial charge is 0.248 e. The minimum atomic E-state index is 0.359. The average Bonchev–Trinajstić information content (AvgIpc) is 2.57. The number of anilines is 2. The number of benzene rings is 1. The fourth-order valence-corrected chi connectivity index (χ4v) is 2.89. The van der Waals surface area contributed by atoms with E-state index >= 15 is 0 Å². The Labute approximate surface area is 136 Å². The Balaban J connectivity index is 1.87. The monoisotopic (exact) mass is 314 g/mol. The van der Waals surface area contributed by atoms with Gasteiger partial charge in [0.25, 0.3) is 0 Å². The van der Waals surface area contributed by atoms with Crippen molar-refractivity contribution in [1.29, 1.82) is 0 Å². The van der Waals surface area contributed by atoms with Crippen LogP contribution in [0.15, 0.2) is 30.6 Å². The van der Waals surface area contributed by atoms with E-state index in [4.69, 9.17) is 15.2 Å². The average molecular weight is 314 g/mol. The number of nitrogen functional groups attached to an aromatic ring is 1. The Hall–Kier alpha value is -2.50. The molecule has 3 rings (SSSR count). The Bertz CT molecular complexity index is 677. The van der Waals surface area contributed by atoms with E-state index in [1.54, 1.807) is 7.11 Å². The van der Waals surface area contributed by atoms with Crippen LogP contribution >= 0.6 is 0 Å². The normalized spacial score (nSPS) is 17.8. The van der Waals surface area contributed by atoms with Crippen molar-refractivity contribution in [3.05, 3.63) is 30.6 Å².